The molecule has 0 bridgehead atoms. The minimum Gasteiger partial charge on any atom is -0.497 e. The van der Waals surface area contributed by atoms with E-state index < -0.39 is 0 Å². The number of piperidine rings is 1. The zero-order valence-corrected chi connectivity index (χ0v) is 17.4. The molecule has 0 N–H and O–H groups in total. The van der Waals surface area contributed by atoms with Gasteiger partial charge in [0.05, 0.1) is 7.11 Å². The minimum atomic E-state index is 0.435. The molecule has 1 aromatic carbocycles. The van der Waals surface area contributed by atoms with Crippen molar-refractivity contribution in [2.45, 2.75) is 39.0 Å². The quantitative estimate of drug-likeness (QED) is 0.645. The SMILES string of the molecule is COc1cccc(Cc2ccc(C3CCCN(c4cc(C)nc(C)n4)C3)nc2)c1. The van der Waals surface area contributed by atoms with Crippen LogP contribution in [0.2, 0.25) is 0 Å². The van der Waals surface area contributed by atoms with Crippen LogP contribution in [-0.4, -0.2) is 35.2 Å². The van der Waals surface area contributed by atoms with Gasteiger partial charge in [0.2, 0.25) is 0 Å². The Morgan fingerprint density at radius 1 is 1.07 bits per heavy atom. The lowest BCUT2D eigenvalue weighted by Gasteiger charge is -2.33. The molecule has 0 aliphatic carbocycles. The van der Waals surface area contributed by atoms with Crippen LogP contribution in [0.5, 0.6) is 5.75 Å². The first-order valence-electron chi connectivity index (χ1n) is 10.3. The summed E-state index contributed by atoms with van der Waals surface area (Å²) >= 11 is 0. The summed E-state index contributed by atoms with van der Waals surface area (Å²) in [5.74, 6) is 3.20. The van der Waals surface area contributed by atoms with Crippen LogP contribution in [0.15, 0.2) is 48.7 Å². The van der Waals surface area contributed by atoms with E-state index in [1.807, 2.05) is 32.2 Å². The molecule has 5 heteroatoms. The molecule has 2 aromatic heterocycles. The van der Waals surface area contributed by atoms with Crippen LogP contribution in [0, 0.1) is 13.8 Å². The van der Waals surface area contributed by atoms with Crippen molar-refractivity contribution in [1.82, 2.24) is 15.0 Å². The van der Waals surface area contributed by atoms with Gasteiger partial charge in [-0.3, -0.25) is 4.98 Å². The second-order valence-corrected chi connectivity index (χ2v) is 7.82. The lowest BCUT2D eigenvalue weighted by molar-refractivity contribution is 0.414. The van der Waals surface area contributed by atoms with Gasteiger partial charge < -0.3 is 9.64 Å². The molecule has 150 valence electrons. The Labute approximate surface area is 172 Å². The lowest BCUT2D eigenvalue weighted by Crippen LogP contribution is -2.35. The number of aromatic nitrogens is 3. The summed E-state index contributed by atoms with van der Waals surface area (Å²) in [6.45, 7) is 5.99. The maximum atomic E-state index is 5.32. The molecule has 1 saturated heterocycles. The van der Waals surface area contributed by atoms with Crippen LogP contribution in [-0.2, 0) is 6.42 Å². The molecule has 29 heavy (non-hydrogen) atoms. The number of anilines is 1. The summed E-state index contributed by atoms with van der Waals surface area (Å²) in [6.07, 6.45) is 5.20. The zero-order chi connectivity index (χ0) is 20.2. The zero-order valence-electron chi connectivity index (χ0n) is 17.4. The fourth-order valence-corrected chi connectivity index (χ4v) is 4.09. The van der Waals surface area contributed by atoms with Gasteiger partial charge in [-0.25, -0.2) is 9.97 Å². The largest absolute Gasteiger partial charge is 0.497 e. The van der Waals surface area contributed by atoms with E-state index in [1.165, 1.54) is 23.2 Å². The normalized spacial score (nSPS) is 16.7. The molecule has 3 heterocycles. The van der Waals surface area contributed by atoms with Crippen molar-refractivity contribution in [2.24, 2.45) is 0 Å². The molecular formula is C24H28N4O. The topological polar surface area (TPSA) is 51.1 Å². The summed E-state index contributed by atoms with van der Waals surface area (Å²) in [5, 5.41) is 0. The fraction of sp³-hybridized carbons (Fsp3) is 0.375. The third kappa shape index (κ3) is 4.73. The van der Waals surface area contributed by atoms with E-state index in [2.05, 4.69) is 45.2 Å². The van der Waals surface area contributed by atoms with Gasteiger partial charge in [0, 0.05) is 42.7 Å². The third-order valence-corrected chi connectivity index (χ3v) is 5.51. The standard InChI is InChI=1S/C24H28N4O/c1-17-12-24(27-18(2)26-17)28-11-5-7-21(16-28)23-10-9-20(15-25-23)13-19-6-4-8-22(14-19)29-3/h4,6,8-10,12,14-15,21H,5,7,11,13,16H2,1-3H3. The van der Waals surface area contributed by atoms with Gasteiger partial charge in [0.1, 0.15) is 17.4 Å². The monoisotopic (exact) mass is 388 g/mol. The second kappa shape index (κ2) is 8.60. The summed E-state index contributed by atoms with van der Waals surface area (Å²) in [5.41, 5.74) is 4.65. The van der Waals surface area contributed by atoms with Gasteiger partial charge in [-0.2, -0.15) is 0 Å². The molecule has 0 spiro atoms. The van der Waals surface area contributed by atoms with Gasteiger partial charge in [0.15, 0.2) is 0 Å². The van der Waals surface area contributed by atoms with Crippen LogP contribution < -0.4 is 9.64 Å². The average molecular weight is 389 g/mol. The van der Waals surface area contributed by atoms with Crippen molar-refractivity contribution >= 4 is 5.82 Å². The fourth-order valence-electron chi connectivity index (χ4n) is 4.09. The molecule has 1 fully saturated rings. The molecule has 1 unspecified atom stereocenters. The van der Waals surface area contributed by atoms with Crippen molar-refractivity contribution in [2.75, 3.05) is 25.1 Å². The lowest BCUT2D eigenvalue weighted by atomic mass is 9.93. The summed E-state index contributed by atoms with van der Waals surface area (Å²) in [4.78, 5) is 16.2. The summed E-state index contributed by atoms with van der Waals surface area (Å²) < 4.78 is 5.32. The Balaban J connectivity index is 1.45. The number of nitrogens with zero attached hydrogens (tertiary/aromatic N) is 4. The number of ether oxygens (including phenoxy) is 1. The highest BCUT2D eigenvalue weighted by Crippen LogP contribution is 2.29. The van der Waals surface area contributed by atoms with E-state index >= 15 is 0 Å². The first-order chi connectivity index (χ1) is 14.1. The van der Waals surface area contributed by atoms with E-state index in [0.29, 0.717) is 5.92 Å². The molecule has 4 rings (SSSR count). The summed E-state index contributed by atoms with van der Waals surface area (Å²) in [7, 11) is 1.70. The van der Waals surface area contributed by atoms with Crippen LogP contribution in [0.3, 0.4) is 0 Å². The number of hydrogen-bond acceptors (Lipinski definition) is 5. The predicted molar refractivity (Wildman–Crippen MR) is 116 cm³/mol. The Bertz CT molecular complexity index is 951. The maximum Gasteiger partial charge on any atom is 0.132 e. The molecule has 0 radical (unpaired) electrons. The Morgan fingerprint density at radius 2 is 1.97 bits per heavy atom. The average Bonchev–Trinajstić information content (AvgIpc) is 2.74. The van der Waals surface area contributed by atoms with Gasteiger partial charge >= 0.3 is 0 Å². The molecule has 0 amide bonds. The molecule has 0 saturated carbocycles. The van der Waals surface area contributed by atoms with Crippen molar-refractivity contribution in [3.05, 3.63) is 77.0 Å². The first-order valence-corrected chi connectivity index (χ1v) is 10.3. The van der Waals surface area contributed by atoms with Crippen LogP contribution in [0.4, 0.5) is 5.82 Å². The minimum absolute atomic E-state index is 0.435. The molecule has 1 aliphatic rings. The number of rotatable bonds is 5. The van der Waals surface area contributed by atoms with E-state index in [-0.39, 0.29) is 0 Å². The highest BCUT2D eigenvalue weighted by Gasteiger charge is 2.23. The summed E-state index contributed by atoms with van der Waals surface area (Å²) in [6, 6.07) is 14.7. The Morgan fingerprint density at radius 3 is 2.72 bits per heavy atom. The van der Waals surface area contributed by atoms with Crippen molar-refractivity contribution in [3.63, 3.8) is 0 Å². The smallest absolute Gasteiger partial charge is 0.132 e. The Hall–Kier alpha value is -2.95. The van der Waals surface area contributed by atoms with Crippen LogP contribution in [0.1, 0.15) is 47.1 Å². The van der Waals surface area contributed by atoms with Gasteiger partial charge in [-0.15, -0.1) is 0 Å². The number of pyridine rings is 1. The predicted octanol–water partition coefficient (Wildman–Crippen LogP) is 4.47. The molecule has 5 nitrogen and oxygen atoms in total. The van der Waals surface area contributed by atoms with E-state index in [9.17, 15) is 0 Å². The highest BCUT2D eigenvalue weighted by molar-refractivity contribution is 5.41. The van der Waals surface area contributed by atoms with Crippen molar-refractivity contribution in [3.8, 4) is 5.75 Å². The third-order valence-electron chi connectivity index (χ3n) is 5.51. The molecule has 1 aliphatic heterocycles. The van der Waals surface area contributed by atoms with Crippen LogP contribution in [0.25, 0.3) is 0 Å². The Kier molecular flexibility index (Phi) is 5.74. The molecular weight excluding hydrogens is 360 g/mol. The van der Waals surface area contributed by atoms with E-state index in [1.54, 1.807) is 7.11 Å². The van der Waals surface area contributed by atoms with Crippen molar-refractivity contribution in [1.29, 1.82) is 0 Å². The number of hydrogen-bond donors (Lipinski definition) is 0. The van der Waals surface area contributed by atoms with Gasteiger partial charge in [-0.1, -0.05) is 18.2 Å². The first kappa shape index (κ1) is 19.4. The molecule has 1 atom stereocenters. The number of methoxy groups -OCH3 is 1. The highest BCUT2D eigenvalue weighted by atomic mass is 16.5. The number of aryl methyl sites for hydroxylation is 2. The van der Waals surface area contributed by atoms with E-state index in [4.69, 9.17) is 9.72 Å². The second-order valence-electron chi connectivity index (χ2n) is 7.82. The van der Waals surface area contributed by atoms with Crippen LogP contribution >= 0.6 is 0 Å². The van der Waals surface area contributed by atoms with Gasteiger partial charge in [0.25, 0.3) is 0 Å². The van der Waals surface area contributed by atoms with E-state index in [0.717, 1.165) is 49.0 Å². The number of benzene rings is 1. The van der Waals surface area contributed by atoms with Gasteiger partial charge in [-0.05, 0) is 62.4 Å². The van der Waals surface area contributed by atoms with Crippen molar-refractivity contribution < 1.29 is 4.74 Å². The molecule has 3 aromatic rings. The maximum absolute atomic E-state index is 5.32.